The van der Waals surface area contributed by atoms with Crippen LogP contribution in [0.1, 0.15) is 26.2 Å². The summed E-state index contributed by atoms with van der Waals surface area (Å²) >= 11 is 0. The molecule has 2 nitrogen and oxygen atoms in total. The molecule has 0 amide bonds. The van der Waals surface area contributed by atoms with Crippen LogP contribution in [0.4, 0.5) is 0 Å². The molecule has 1 rings (SSSR count). The summed E-state index contributed by atoms with van der Waals surface area (Å²) in [6, 6.07) is 2.96. The van der Waals surface area contributed by atoms with E-state index in [0.717, 1.165) is 12.8 Å². The van der Waals surface area contributed by atoms with Gasteiger partial charge < -0.3 is 0 Å². The molecule has 1 saturated heterocycles. The van der Waals surface area contributed by atoms with Gasteiger partial charge in [-0.15, -0.1) is 0 Å². The Morgan fingerprint density at radius 2 is 2.44 bits per heavy atom. The second-order valence-electron chi connectivity index (χ2n) is 2.53. The molecule has 2 heteroatoms. The minimum Gasteiger partial charge on any atom is -0.299 e. The highest BCUT2D eigenvalue weighted by Crippen LogP contribution is 2.13. The molecule has 0 aromatic rings. The van der Waals surface area contributed by atoms with Crippen molar-refractivity contribution in [3.63, 3.8) is 0 Å². The van der Waals surface area contributed by atoms with Gasteiger partial charge in [-0.3, -0.25) is 5.32 Å². The Labute approximate surface area is 55.9 Å². The zero-order chi connectivity index (χ0) is 6.69. The second kappa shape index (κ2) is 2.84. The molecular weight excluding hydrogens is 112 g/mol. The van der Waals surface area contributed by atoms with E-state index in [1.807, 2.05) is 0 Å². The quantitative estimate of drug-likeness (QED) is 0.567. The van der Waals surface area contributed by atoms with Gasteiger partial charge in [-0.05, 0) is 19.3 Å². The first-order chi connectivity index (χ1) is 4.36. The Morgan fingerprint density at radius 3 is 2.78 bits per heavy atom. The molecule has 0 bridgehead atoms. The topological polar surface area (TPSA) is 35.8 Å². The van der Waals surface area contributed by atoms with Crippen LogP contribution < -0.4 is 5.32 Å². The van der Waals surface area contributed by atoms with E-state index in [0.29, 0.717) is 6.04 Å². The lowest BCUT2D eigenvalue weighted by molar-refractivity contribution is 0.568. The highest BCUT2D eigenvalue weighted by Gasteiger charge is 2.20. The summed E-state index contributed by atoms with van der Waals surface area (Å²) in [4.78, 5) is 0. The molecule has 50 valence electrons. The maximum Gasteiger partial charge on any atom is 0.0955 e. The van der Waals surface area contributed by atoms with Crippen LogP contribution in [0.25, 0.3) is 0 Å². The van der Waals surface area contributed by atoms with E-state index < -0.39 is 0 Å². The van der Waals surface area contributed by atoms with Gasteiger partial charge in [0.25, 0.3) is 0 Å². The standard InChI is InChI=1S/C7H12N2/c1-2-6-3-4-7(5-8)9-6/h6-7,9H,2-4H2,1H3. The van der Waals surface area contributed by atoms with Gasteiger partial charge in [-0.2, -0.15) is 5.26 Å². The van der Waals surface area contributed by atoms with Crippen molar-refractivity contribution in [3.8, 4) is 6.07 Å². The van der Waals surface area contributed by atoms with Crippen LogP contribution in [-0.2, 0) is 0 Å². The van der Waals surface area contributed by atoms with Crippen LogP contribution in [0.15, 0.2) is 0 Å². The minimum atomic E-state index is 0.134. The first kappa shape index (κ1) is 6.57. The fourth-order valence-corrected chi connectivity index (χ4v) is 1.24. The Kier molecular flexibility index (Phi) is 2.07. The fourth-order valence-electron chi connectivity index (χ4n) is 1.24. The molecule has 1 heterocycles. The molecule has 2 atom stereocenters. The van der Waals surface area contributed by atoms with Crippen molar-refractivity contribution in [2.75, 3.05) is 0 Å². The van der Waals surface area contributed by atoms with Crippen LogP contribution in [0.3, 0.4) is 0 Å². The van der Waals surface area contributed by atoms with Crippen molar-refractivity contribution in [2.45, 2.75) is 38.3 Å². The zero-order valence-corrected chi connectivity index (χ0v) is 5.72. The average molecular weight is 124 g/mol. The van der Waals surface area contributed by atoms with E-state index in [9.17, 15) is 0 Å². The van der Waals surface area contributed by atoms with Gasteiger partial charge >= 0.3 is 0 Å². The number of hydrogen-bond acceptors (Lipinski definition) is 2. The van der Waals surface area contributed by atoms with Crippen LogP contribution in [-0.4, -0.2) is 12.1 Å². The molecule has 0 aromatic carbocycles. The highest BCUT2D eigenvalue weighted by molar-refractivity contribution is 4.96. The van der Waals surface area contributed by atoms with Gasteiger partial charge in [0.15, 0.2) is 0 Å². The first-order valence-corrected chi connectivity index (χ1v) is 3.52. The predicted molar refractivity (Wildman–Crippen MR) is 35.8 cm³/mol. The summed E-state index contributed by atoms with van der Waals surface area (Å²) in [7, 11) is 0. The fraction of sp³-hybridized carbons (Fsp3) is 0.857. The summed E-state index contributed by atoms with van der Waals surface area (Å²) < 4.78 is 0. The van der Waals surface area contributed by atoms with Crippen molar-refractivity contribution in [1.29, 1.82) is 5.26 Å². The summed E-state index contributed by atoms with van der Waals surface area (Å²) in [5.41, 5.74) is 0. The largest absolute Gasteiger partial charge is 0.299 e. The molecule has 9 heavy (non-hydrogen) atoms. The maximum absolute atomic E-state index is 8.47. The van der Waals surface area contributed by atoms with Crippen LogP contribution in [0.5, 0.6) is 0 Å². The van der Waals surface area contributed by atoms with E-state index in [-0.39, 0.29) is 6.04 Å². The first-order valence-electron chi connectivity index (χ1n) is 3.52. The third kappa shape index (κ3) is 1.43. The van der Waals surface area contributed by atoms with Crippen molar-refractivity contribution >= 4 is 0 Å². The summed E-state index contributed by atoms with van der Waals surface area (Å²) in [5, 5.41) is 11.7. The molecule has 0 aliphatic carbocycles. The van der Waals surface area contributed by atoms with Crippen LogP contribution in [0.2, 0.25) is 0 Å². The molecule has 0 spiro atoms. The number of rotatable bonds is 1. The van der Waals surface area contributed by atoms with Gasteiger partial charge in [0.05, 0.1) is 12.1 Å². The number of hydrogen-bond donors (Lipinski definition) is 1. The minimum absolute atomic E-state index is 0.134. The predicted octanol–water partition coefficient (Wildman–Crippen LogP) is 1.04. The average Bonchev–Trinajstić information content (AvgIpc) is 2.34. The SMILES string of the molecule is CCC1CCC(C#N)N1. The third-order valence-corrected chi connectivity index (χ3v) is 1.89. The molecule has 0 radical (unpaired) electrons. The van der Waals surface area contributed by atoms with Crippen LogP contribution in [0, 0.1) is 11.3 Å². The monoisotopic (exact) mass is 124 g/mol. The molecule has 1 aliphatic heterocycles. The number of nitrogens with one attached hydrogen (secondary N) is 1. The molecule has 2 unspecified atom stereocenters. The summed E-state index contributed by atoms with van der Waals surface area (Å²) in [6.07, 6.45) is 3.36. The van der Waals surface area contributed by atoms with Gasteiger partial charge in [-0.1, -0.05) is 6.92 Å². The summed E-state index contributed by atoms with van der Waals surface area (Å²) in [5.74, 6) is 0. The van der Waals surface area contributed by atoms with E-state index >= 15 is 0 Å². The van der Waals surface area contributed by atoms with Gasteiger partial charge in [0.2, 0.25) is 0 Å². The van der Waals surface area contributed by atoms with E-state index in [4.69, 9.17) is 5.26 Å². The summed E-state index contributed by atoms with van der Waals surface area (Å²) in [6.45, 7) is 2.15. The van der Waals surface area contributed by atoms with Crippen molar-refractivity contribution < 1.29 is 0 Å². The molecular formula is C7H12N2. The highest BCUT2D eigenvalue weighted by atomic mass is 15.0. The smallest absolute Gasteiger partial charge is 0.0955 e. The molecule has 1 fully saturated rings. The van der Waals surface area contributed by atoms with Crippen LogP contribution >= 0.6 is 0 Å². The van der Waals surface area contributed by atoms with Gasteiger partial charge in [0.1, 0.15) is 0 Å². The van der Waals surface area contributed by atoms with Crippen molar-refractivity contribution in [3.05, 3.63) is 0 Å². The van der Waals surface area contributed by atoms with E-state index in [1.54, 1.807) is 0 Å². The van der Waals surface area contributed by atoms with Crippen molar-refractivity contribution in [2.24, 2.45) is 0 Å². The van der Waals surface area contributed by atoms with Crippen molar-refractivity contribution in [1.82, 2.24) is 5.32 Å². The lowest BCUT2D eigenvalue weighted by atomic mass is 10.2. The molecule has 1 aliphatic rings. The number of nitriles is 1. The lowest BCUT2D eigenvalue weighted by Crippen LogP contribution is -2.27. The maximum atomic E-state index is 8.47. The number of nitrogens with zero attached hydrogens (tertiary/aromatic N) is 1. The Bertz CT molecular complexity index is 125. The Hall–Kier alpha value is -0.550. The second-order valence-corrected chi connectivity index (χ2v) is 2.53. The molecule has 0 aromatic heterocycles. The Balaban J connectivity index is 2.31. The van der Waals surface area contributed by atoms with E-state index in [1.165, 1.54) is 6.42 Å². The lowest BCUT2D eigenvalue weighted by Gasteiger charge is -2.04. The Morgan fingerprint density at radius 1 is 1.67 bits per heavy atom. The van der Waals surface area contributed by atoms with Gasteiger partial charge in [-0.25, -0.2) is 0 Å². The molecule has 1 N–H and O–H groups in total. The zero-order valence-electron chi connectivity index (χ0n) is 5.72. The van der Waals surface area contributed by atoms with E-state index in [2.05, 4.69) is 18.3 Å². The van der Waals surface area contributed by atoms with Gasteiger partial charge in [0, 0.05) is 6.04 Å². The normalized spacial score (nSPS) is 34.2. The third-order valence-electron chi connectivity index (χ3n) is 1.89. The molecule has 0 saturated carbocycles.